The van der Waals surface area contributed by atoms with E-state index in [1.54, 1.807) is 0 Å². The molecule has 1 unspecified atom stereocenters. The molecule has 0 bridgehead atoms. The summed E-state index contributed by atoms with van der Waals surface area (Å²) in [6.45, 7) is 0. The molecular formula is H2P2SY. The monoisotopic (exact) mass is 185 g/mol. The molecule has 1 radical (unpaired) electrons. The van der Waals surface area contributed by atoms with Gasteiger partial charge in [0.1, 0.15) is 0 Å². The maximum atomic E-state index is 4.33. The van der Waals surface area contributed by atoms with E-state index < -0.39 is 0 Å². The van der Waals surface area contributed by atoms with E-state index in [0.29, 0.717) is 0 Å². The van der Waals surface area contributed by atoms with Crippen LogP contribution in [0.3, 0.4) is 0 Å². The Morgan fingerprint density at radius 3 is 1.75 bits per heavy atom. The SMILES string of the molecule is PP=S.[Y]. The topological polar surface area (TPSA) is 0 Å². The molecule has 0 aliphatic carbocycles. The quantitative estimate of drug-likeness (QED) is 0.510. The molecule has 21 valence electrons. The van der Waals surface area contributed by atoms with Crippen molar-refractivity contribution in [1.82, 2.24) is 0 Å². The third-order valence-corrected chi connectivity index (χ3v) is 0. The van der Waals surface area contributed by atoms with Gasteiger partial charge in [0.2, 0.25) is 0 Å². The number of hydrogen-bond donors (Lipinski definition) is 0. The van der Waals surface area contributed by atoms with Crippen molar-refractivity contribution < 1.29 is 32.7 Å². The van der Waals surface area contributed by atoms with E-state index in [1.165, 1.54) is 0 Å². The molecule has 4 heteroatoms. The summed E-state index contributed by atoms with van der Waals surface area (Å²) in [7, 11) is 3.28. The molecule has 0 fully saturated rings. The average Bonchev–Trinajstić information content (AvgIpc) is 0.918. The molecule has 0 aromatic heterocycles. The summed E-state index contributed by atoms with van der Waals surface area (Å²) >= 11 is 4.33. The van der Waals surface area contributed by atoms with Crippen LogP contribution in [0, 0.1) is 0 Å². The Balaban J connectivity index is 0. The van der Waals surface area contributed by atoms with Crippen LogP contribution < -0.4 is 0 Å². The summed E-state index contributed by atoms with van der Waals surface area (Å²) in [6.07, 6.45) is 0. The van der Waals surface area contributed by atoms with E-state index in [4.69, 9.17) is 0 Å². The van der Waals surface area contributed by atoms with Gasteiger partial charge in [0.25, 0.3) is 0 Å². The first-order chi connectivity index (χ1) is 1.41. The van der Waals surface area contributed by atoms with Crippen LogP contribution in [0.2, 0.25) is 0 Å². The minimum atomic E-state index is 0. The Morgan fingerprint density at radius 1 is 1.75 bits per heavy atom. The zero-order chi connectivity index (χ0) is 2.71. The summed E-state index contributed by atoms with van der Waals surface area (Å²) in [6, 6.07) is 0. The summed E-state index contributed by atoms with van der Waals surface area (Å²) in [5.41, 5.74) is 0. The molecule has 0 spiro atoms. The van der Waals surface area contributed by atoms with E-state index in [-0.39, 0.29) is 32.7 Å². The molecular weight excluding hydrogens is 183 g/mol. The first-order valence-corrected chi connectivity index (χ1v) is 3.97. The molecule has 4 heavy (non-hydrogen) atoms. The van der Waals surface area contributed by atoms with Gasteiger partial charge in [-0.25, -0.2) is 0 Å². The van der Waals surface area contributed by atoms with Gasteiger partial charge in [-0.15, -0.1) is 0 Å². The van der Waals surface area contributed by atoms with Gasteiger partial charge in [-0.3, -0.25) is 0 Å². The van der Waals surface area contributed by atoms with E-state index in [0.717, 1.165) is 7.04 Å². The maximum absolute atomic E-state index is 4.33. The van der Waals surface area contributed by atoms with Gasteiger partial charge >= 0.3 is 0 Å². The Bertz CT molecular complexity index is 13.5. The van der Waals surface area contributed by atoms with Crippen molar-refractivity contribution in [1.29, 1.82) is 0 Å². The first kappa shape index (κ1) is 9.41. The Hall–Kier alpha value is 2.05. The van der Waals surface area contributed by atoms with E-state index in [1.807, 2.05) is 0 Å². The molecule has 1 atom stereocenters. The maximum Gasteiger partial charge on any atom is 0 e. The second kappa shape index (κ2) is 8.91. The van der Waals surface area contributed by atoms with Crippen molar-refractivity contribution >= 4 is 27.8 Å². The van der Waals surface area contributed by atoms with Gasteiger partial charge in [0.05, 0.1) is 0 Å². The Labute approximate surface area is 59.9 Å². The number of rotatable bonds is 0. The van der Waals surface area contributed by atoms with Crippen molar-refractivity contribution in [2.75, 3.05) is 0 Å². The molecule has 0 nitrogen and oxygen atoms in total. The summed E-state index contributed by atoms with van der Waals surface area (Å²) < 4.78 is 0. The zero-order valence-electron chi connectivity index (χ0n) is 2.01. The van der Waals surface area contributed by atoms with Crippen molar-refractivity contribution in [2.45, 2.75) is 0 Å². The van der Waals surface area contributed by atoms with Gasteiger partial charge < -0.3 is 0 Å². The Morgan fingerprint density at radius 2 is 1.75 bits per heavy atom. The fraction of sp³-hybridized carbons (Fsp3) is 0. The van der Waals surface area contributed by atoms with Crippen LogP contribution in [0.4, 0.5) is 0 Å². The minimum absolute atomic E-state index is 0. The molecule has 0 rings (SSSR count). The molecule has 0 aliphatic heterocycles. The average molecular weight is 185 g/mol. The predicted octanol–water partition coefficient (Wildman–Crippen LogP) is 1.18. The molecule has 0 amide bonds. The van der Waals surface area contributed by atoms with Gasteiger partial charge in [-0.1, -0.05) is 20.7 Å². The van der Waals surface area contributed by atoms with E-state index >= 15 is 0 Å². The molecule has 0 aromatic rings. The van der Waals surface area contributed by atoms with Crippen molar-refractivity contribution in [3.63, 3.8) is 0 Å². The van der Waals surface area contributed by atoms with Crippen molar-refractivity contribution in [3.8, 4) is 0 Å². The second-order valence-corrected chi connectivity index (χ2v) is 2.85. The standard InChI is InChI=1S/H2P2S.Y/c1-2-3;/h1H2;. The summed E-state index contributed by atoms with van der Waals surface area (Å²) in [4.78, 5) is 0. The smallest absolute Gasteiger partial charge is 0 e. The van der Waals surface area contributed by atoms with Crippen LogP contribution in [0.25, 0.3) is 0 Å². The van der Waals surface area contributed by atoms with E-state index in [9.17, 15) is 0 Å². The number of hydrogen-bond acceptors (Lipinski definition) is 1. The normalized spacial score (nSPS) is 5.25. The first-order valence-electron chi connectivity index (χ1n) is 0.441. The van der Waals surface area contributed by atoms with Gasteiger partial charge in [0, 0.05) is 32.7 Å². The fourth-order valence-corrected chi connectivity index (χ4v) is 0. The fourth-order valence-electron chi connectivity index (χ4n) is 0. The molecule has 0 heterocycles. The molecule has 0 aromatic carbocycles. The van der Waals surface area contributed by atoms with Crippen LogP contribution in [-0.2, 0) is 44.5 Å². The molecule has 0 saturated carbocycles. The van der Waals surface area contributed by atoms with Gasteiger partial charge in [0.15, 0.2) is 0 Å². The Kier molecular flexibility index (Phi) is 20.9. The predicted molar refractivity (Wildman–Crippen MR) is 24.0 cm³/mol. The van der Waals surface area contributed by atoms with Crippen LogP contribution in [0.1, 0.15) is 0 Å². The molecule has 0 saturated heterocycles. The molecule has 0 N–H and O–H groups in total. The van der Waals surface area contributed by atoms with Crippen LogP contribution >= 0.6 is 16.0 Å². The minimum Gasteiger partial charge on any atom is -0.0707 e. The third-order valence-electron chi connectivity index (χ3n) is 0. The van der Waals surface area contributed by atoms with E-state index in [2.05, 4.69) is 20.7 Å². The van der Waals surface area contributed by atoms with Crippen LogP contribution in [0.5, 0.6) is 0 Å². The largest absolute Gasteiger partial charge is 0.0707 e. The third kappa shape index (κ3) is 8.96. The van der Waals surface area contributed by atoms with Gasteiger partial charge in [-0.2, -0.15) is 0 Å². The van der Waals surface area contributed by atoms with Crippen LogP contribution in [-0.4, -0.2) is 0 Å². The van der Waals surface area contributed by atoms with Gasteiger partial charge in [-0.05, 0) is 7.04 Å². The second-order valence-electron chi connectivity index (χ2n) is 0.105. The van der Waals surface area contributed by atoms with Crippen LogP contribution in [0.15, 0.2) is 0 Å². The summed E-state index contributed by atoms with van der Waals surface area (Å²) in [5, 5.41) is 0. The molecule has 0 aliphatic rings. The van der Waals surface area contributed by atoms with Crippen molar-refractivity contribution in [3.05, 3.63) is 0 Å². The summed E-state index contributed by atoms with van der Waals surface area (Å²) in [5.74, 6) is 0. The van der Waals surface area contributed by atoms with Crippen molar-refractivity contribution in [2.24, 2.45) is 0 Å². The zero-order valence-corrected chi connectivity index (χ0v) is 7.71.